The van der Waals surface area contributed by atoms with Gasteiger partial charge < -0.3 is 9.73 Å². The molecule has 0 aliphatic carbocycles. The molecule has 0 unspecified atom stereocenters. The topological polar surface area (TPSA) is 85.8 Å². The number of hydrogen-bond donors (Lipinski definition) is 1. The summed E-state index contributed by atoms with van der Waals surface area (Å²) in [6, 6.07) is 29.9. The number of benzene rings is 3. The van der Waals surface area contributed by atoms with Crippen LogP contribution in [0.3, 0.4) is 0 Å². The van der Waals surface area contributed by atoms with Crippen LogP contribution in [0.15, 0.2) is 107 Å². The van der Waals surface area contributed by atoms with E-state index in [0.717, 1.165) is 27.8 Å². The Morgan fingerprint density at radius 1 is 0.857 bits per heavy atom. The van der Waals surface area contributed by atoms with Gasteiger partial charge in [-0.05, 0) is 23.3 Å². The zero-order valence-corrected chi connectivity index (χ0v) is 19.7. The van der Waals surface area contributed by atoms with Gasteiger partial charge in [-0.3, -0.25) is 9.36 Å². The van der Waals surface area contributed by atoms with Crippen molar-refractivity contribution in [1.82, 2.24) is 25.1 Å². The number of para-hydroxylation sites is 1. The summed E-state index contributed by atoms with van der Waals surface area (Å²) in [7, 11) is 0. The molecule has 35 heavy (non-hydrogen) atoms. The van der Waals surface area contributed by atoms with E-state index in [1.54, 1.807) is 0 Å². The number of thioether (sulfide) groups is 1. The molecule has 0 fully saturated rings. The normalized spacial score (nSPS) is 10.9. The molecule has 2 aromatic heterocycles. The Hall–Kier alpha value is -4.17. The second-order valence-corrected chi connectivity index (χ2v) is 8.76. The molecule has 7 nitrogen and oxygen atoms in total. The summed E-state index contributed by atoms with van der Waals surface area (Å²) in [5.74, 6) is 1.44. The van der Waals surface area contributed by atoms with Gasteiger partial charge in [-0.1, -0.05) is 90.6 Å². The number of rotatable bonds is 9. The molecule has 0 radical (unpaired) electrons. The summed E-state index contributed by atoms with van der Waals surface area (Å²) in [5, 5.41) is 12.5. The minimum Gasteiger partial charge on any atom is -0.447 e. The molecule has 1 amide bonds. The fraction of sp³-hybridized carbons (Fsp3) is 0.111. The van der Waals surface area contributed by atoms with Crippen LogP contribution in [0.25, 0.3) is 5.69 Å². The highest BCUT2D eigenvalue weighted by Crippen LogP contribution is 2.26. The van der Waals surface area contributed by atoms with Crippen molar-refractivity contribution < 1.29 is 9.21 Å². The molecule has 0 aliphatic heterocycles. The van der Waals surface area contributed by atoms with E-state index in [1.165, 1.54) is 18.0 Å². The predicted octanol–water partition coefficient (Wildman–Crippen LogP) is 5.07. The molecule has 0 saturated heterocycles. The smallest absolute Gasteiger partial charge is 0.273 e. The monoisotopic (exact) mass is 481 g/mol. The van der Waals surface area contributed by atoms with Gasteiger partial charge in [0.25, 0.3) is 5.91 Å². The van der Waals surface area contributed by atoms with E-state index < -0.39 is 0 Å². The fourth-order valence-corrected chi connectivity index (χ4v) is 4.42. The zero-order chi connectivity index (χ0) is 23.9. The van der Waals surface area contributed by atoms with E-state index in [-0.39, 0.29) is 11.6 Å². The number of carbonyl (C=O) groups excluding carboxylic acids is 1. The largest absolute Gasteiger partial charge is 0.447 e. The maximum atomic E-state index is 12.5. The van der Waals surface area contributed by atoms with E-state index >= 15 is 0 Å². The van der Waals surface area contributed by atoms with E-state index in [1.807, 2.05) is 83.4 Å². The van der Waals surface area contributed by atoms with Crippen molar-refractivity contribution in [3.05, 3.63) is 126 Å². The lowest BCUT2D eigenvalue weighted by Gasteiger charge is -2.10. The van der Waals surface area contributed by atoms with Gasteiger partial charge in [-0.25, -0.2) is 4.98 Å². The molecule has 5 rings (SSSR count). The first-order chi connectivity index (χ1) is 17.3. The second kappa shape index (κ2) is 10.8. The third kappa shape index (κ3) is 5.67. The number of nitrogens with one attached hydrogen (secondary N) is 1. The summed E-state index contributed by atoms with van der Waals surface area (Å²) < 4.78 is 7.61. The maximum absolute atomic E-state index is 12.5. The number of oxazole rings is 1. The summed E-state index contributed by atoms with van der Waals surface area (Å²) >= 11 is 1.46. The molecule has 0 bridgehead atoms. The van der Waals surface area contributed by atoms with Gasteiger partial charge in [0.1, 0.15) is 12.1 Å². The average molecular weight is 482 g/mol. The van der Waals surface area contributed by atoms with Crippen LogP contribution in [-0.2, 0) is 18.7 Å². The number of nitrogens with zero attached hydrogens (tertiary/aromatic N) is 4. The molecule has 0 spiro atoms. The lowest BCUT2D eigenvalue weighted by molar-refractivity contribution is 0.0946. The van der Waals surface area contributed by atoms with Gasteiger partial charge in [0.2, 0.25) is 5.89 Å². The van der Waals surface area contributed by atoms with Gasteiger partial charge >= 0.3 is 0 Å². The van der Waals surface area contributed by atoms with Crippen molar-refractivity contribution >= 4 is 17.7 Å². The minimum absolute atomic E-state index is 0.255. The quantitative estimate of drug-likeness (QED) is 0.296. The highest BCUT2D eigenvalue weighted by atomic mass is 32.2. The first-order valence-corrected chi connectivity index (χ1v) is 12.2. The Balaban J connectivity index is 1.28. The first kappa shape index (κ1) is 22.6. The molecule has 0 saturated carbocycles. The summed E-state index contributed by atoms with van der Waals surface area (Å²) in [6.07, 6.45) is 2.05. The Morgan fingerprint density at radius 2 is 1.51 bits per heavy atom. The second-order valence-electron chi connectivity index (χ2n) is 7.82. The van der Waals surface area contributed by atoms with Crippen molar-refractivity contribution in [3.8, 4) is 5.69 Å². The highest BCUT2D eigenvalue weighted by Gasteiger charge is 2.17. The number of aromatic nitrogens is 4. The van der Waals surface area contributed by atoms with Crippen LogP contribution in [0, 0.1) is 0 Å². The molecular formula is C27H23N5O2S. The van der Waals surface area contributed by atoms with E-state index in [9.17, 15) is 4.79 Å². The van der Waals surface area contributed by atoms with Gasteiger partial charge in [0, 0.05) is 18.7 Å². The Bertz CT molecular complexity index is 1390. The van der Waals surface area contributed by atoms with Crippen molar-refractivity contribution in [2.45, 2.75) is 23.9 Å². The van der Waals surface area contributed by atoms with Crippen molar-refractivity contribution in [3.63, 3.8) is 0 Å². The standard InChI is InChI=1S/C27H23N5O2S/c33-26(28-17-21-12-6-2-7-13-21)23-18-34-25(29-23)19-35-27-31-30-24(16-20-10-4-1-5-11-20)32(27)22-14-8-3-9-15-22/h1-15,18H,16-17,19H2,(H,28,33). The molecule has 5 aromatic rings. The van der Waals surface area contributed by atoms with Crippen LogP contribution in [-0.4, -0.2) is 25.7 Å². The van der Waals surface area contributed by atoms with Crippen LogP contribution in [0.4, 0.5) is 0 Å². The van der Waals surface area contributed by atoms with Crippen LogP contribution < -0.4 is 5.32 Å². The lowest BCUT2D eigenvalue weighted by atomic mass is 10.1. The summed E-state index contributed by atoms with van der Waals surface area (Å²) in [4.78, 5) is 16.8. The number of hydrogen-bond acceptors (Lipinski definition) is 6. The Labute approximate surface area is 207 Å². The average Bonchev–Trinajstić information content (AvgIpc) is 3.55. The molecular weight excluding hydrogens is 458 g/mol. The number of amides is 1. The van der Waals surface area contributed by atoms with E-state index in [0.29, 0.717) is 24.6 Å². The lowest BCUT2D eigenvalue weighted by Crippen LogP contribution is -2.23. The first-order valence-electron chi connectivity index (χ1n) is 11.2. The fourth-order valence-electron chi connectivity index (χ4n) is 3.60. The van der Waals surface area contributed by atoms with Crippen molar-refractivity contribution in [1.29, 1.82) is 0 Å². The molecule has 174 valence electrons. The van der Waals surface area contributed by atoms with E-state index in [2.05, 4.69) is 32.6 Å². The molecule has 1 N–H and O–H groups in total. The molecule has 0 aliphatic rings. The van der Waals surface area contributed by atoms with Crippen LogP contribution in [0.1, 0.15) is 33.3 Å². The van der Waals surface area contributed by atoms with Gasteiger partial charge in [0.15, 0.2) is 10.9 Å². The predicted molar refractivity (Wildman–Crippen MR) is 134 cm³/mol. The highest BCUT2D eigenvalue weighted by molar-refractivity contribution is 7.98. The summed E-state index contributed by atoms with van der Waals surface area (Å²) in [5.41, 5.74) is 3.42. The molecule has 0 atom stereocenters. The number of carbonyl (C=O) groups is 1. The minimum atomic E-state index is -0.272. The molecule has 8 heteroatoms. The molecule has 2 heterocycles. The molecule has 3 aromatic carbocycles. The van der Waals surface area contributed by atoms with Crippen LogP contribution >= 0.6 is 11.8 Å². The van der Waals surface area contributed by atoms with Crippen LogP contribution in [0.5, 0.6) is 0 Å². The third-order valence-corrected chi connectivity index (χ3v) is 6.24. The third-order valence-electron chi connectivity index (χ3n) is 5.32. The van der Waals surface area contributed by atoms with Gasteiger partial charge in [0.05, 0.1) is 5.75 Å². The van der Waals surface area contributed by atoms with Crippen molar-refractivity contribution in [2.75, 3.05) is 0 Å². The maximum Gasteiger partial charge on any atom is 0.273 e. The van der Waals surface area contributed by atoms with Gasteiger partial charge in [-0.15, -0.1) is 10.2 Å². The SMILES string of the molecule is O=C(NCc1ccccc1)c1coc(CSc2nnc(Cc3ccccc3)n2-c2ccccc2)n1. The van der Waals surface area contributed by atoms with Crippen molar-refractivity contribution in [2.24, 2.45) is 0 Å². The Morgan fingerprint density at radius 3 is 2.23 bits per heavy atom. The van der Waals surface area contributed by atoms with Crippen LogP contribution in [0.2, 0.25) is 0 Å². The Kier molecular flexibility index (Phi) is 7.00. The summed E-state index contributed by atoms with van der Waals surface area (Å²) in [6.45, 7) is 0.432. The van der Waals surface area contributed by atoms with Gasteiger partial charge in [-0.2, -0.15) is 0 Å². The zero-order valence-electron chi connectivity index (χ0n) is 18.9. The van der Waals surface area contributed by atoms with E-state index in [4.69, 9.17) is 4.42 Å².